The van der Waals surface area contributed by atoms with Gasteiger partial charge in [-0.3, -0.25) is 19.0 Å². The molecule has 0 saturated carbocycles. The first kappa shape index (κ1) is 19.9. The molecule has 1 unspecified atom stereocenters. The first-order valence-electron chi connectivity index (χ1n) is 9.87. The summed E-state index contributed by atoms with van der Waals surface area (Å²) in [6.45, 7) is 7.11. The van der Waals surface area contributed by atoms with E-state index in [0.29, 0.717) is 47.9 Å². The lowest BCUT2D eigenvalue weighted by molar-refractivity contribution is -0.135. The third-order valence-electron chi connectivity index (χ3n) is 5.67. The monoisotopic (exact) mass is 418 g/mol. The standard InChI is InChI=1S/C19H26N6O3S/c1-19(2,3)25-16-13(9-21-25)17(28)24-12(10-29-18(24)22-16)8-14(26)23-6-4-11(5-7-23)15(20)27/h9,11-12H,4-8,10H2,1-3H3,(H2,20,27). The molecule has 0 radical (unpaired) electrons. The highest BCUT2D eigenvalue weighted by molar-refractivity contribution is 7.99. The zero-order valence-corrected chi connectivity index (χ0v) is 17.7. The van der Waals surface area contributed by atoms with Gasteiger partial charge in [-0.25, -0.2) is 9.67 Å². The van der Waals surface area contributed by atoms with Crippen molar-refractivity contribution in [2.45, 2.75) is 56.8 Å². The number of likely N-dealkylation sites (tertiary alicyclic amines) is 1. The molecular weight excluding hydrogens is 392 g/mol. The van der Waals surface area contributed by atoms with Crippen LogP contribution in [0.2, 0.25) is 0 Å². The van der Waals surface area contributed by atoms with Crippen LogP contribution in [-0.2, 0) is 15.1 Å². The minimum absolute atomic E-state index is 0.00348. The molecule has 10 heteroatoms. The summed E-state index contributed by atoms with van der Waals surface area (Å²) in [5.74, 6) is 0.196. The van der Waals surface area contributed by atoms with Crippen LogP contribution < -0.4 is 11.3 Å². The molecule has 0 aromatic carbocycles. The Morgan fingerprint density at radius 3 is 2.59 bits per heavy atom. The number of primary amides is 1. The van der Waals surface area contributed by atoms with Gasteiger partial charge in [0, 0.05) is 31.2 Å². The van der Waals surface area contributed by atoms with Gasteiger partial charge in [0.2, 0.25) is 11.8 Å². The summed E-state index contributed by atoms with van der Waals surface area (Å²) < 4.78 is 3.42. The number of amides is 2. The van der Waals surface area contributed by atoms with E-state index < -0.39 is 0 Å². The lowest BCUT2D eigenvalue weighted by atomic mass is 9.96. The Morgan fingerprint density at radius 2 is 1.97 bits per heavy atom. The number of nitrogens with zero attached hydrogens (tertiary/aromatic N) is 5. The third kappa shape index (κ3) is 3.54. The van der Waals surface area contributed by atoms with Crippen LogP contribution in [0.25, 0.3) is 11.0 Å². The third-order valence-corrected chi connectivity index (χ3v) is 6.76. The van der Waals surface area contributed by atoms with Crippen LogP contribution in [0.15, 0.2) is 16.1 Å². The molecule has 0 aliphatic carbocycles. The summed E-state index contributed by atoms with van der Waals surface area (Å²) >= 11 is 1.50. The SMILES string of the molecule is CC(C)(C)n1ncc2c(=O)n3c(nc21)SCC3CC(=O)N1CCC(C(N)=O)CC1. The van der Waals surface area contributed by atoms with Crippen LogP contribution in [-0.4, -0.2) is 54.9 Å². The van der Waals surface area contributed by atoms with E-state index in [9.17, 15) is 14.4 Å². The second kappa shape index (κ2) is 7.16. The molecule has 2 aromatic heterocycles. The van der Waals surface area contributed by atoms with Gasteiger partial charge in [0.1, 0.15) is 5.39 Å². The molecule has 2 aliphatic heterocycles. The lowest BCUT2D eigenvalue weighted by Gasteiger charge is -2.31. The molecule has 4 rings (SSSR count). The zero-order chi connectivity index (χ0) is 20.9. The van der Waals surface area contributed by atoms with Crippen molar-refractivity contribution in [3.63, 3.8) is 0 Å². The second-order valence-electron chi connectivity index (χ2n) is 8.76. The molecule has 9 nitrogen and oxygen atoms in total. The quantitative estimate of drug-likeness (QED) is 0.747. The van der Waals surface area contributed by atoms with Crippen LogP contribution >= 0.6 is 11.8 Å². The van der Waals surface area contributed by atoms with Crippen molar-refractivity contribution >= 4 is 34.6 Å². The van der Waals surface area contributed by atoms with Crippen molar-refractivity contribution in [1.82, 2.24) is 24.2 Å². The number of hydrogen-bond donors (Lipinski definition) is 1. The maximum absolute atomic E-state index is 13.1. The molecule has 2 aliphatic rings. The molecule has 2 N–H and O–H groups in total. The average Bonchev–Trinajstić information content (AvgIpc) is 3.26. The minimum Gasteiger partial charge on any atom is -0.369 e. The van der Waals surface area contributed by atoms with Gasteiger partial charge in [0.25, 0.3) is 5.56 Å². The van der Waals surface area contributed by atoms with E-state index in [2.05, 4.69) is 5.10 Å². The molecule has 1 saturated heterocycles. The summed E-state index contributed by atoms with van der Waals surface area (Å²) in [5, 5.41) is 5.48. The van der Waals surface area contributed by atoms with Crippen molar-refractivity contribution in [1.29, 1.82) is 0 Å². The molecule has 1 fully saturated rings. The van der Waals surface area contributed by atoms with Crippen molar-refractivity contribution < 1.29 is 9.59 Å². The van der Waals surface area contributed by atoms with Gasteiger partial charge in [0.05, 0.1) is 17.8 Å². The highest BCUT2D eigenvalue weighted by Crippen LogP contribution is 2.34. The average molecular weight is 419 g/mol. The van der Waals surface area contributed by atoms with Gasteiger partial charge in [-0.2, -0.15) is 5.10 Å². The predicted molar refractivity (Wildman–Crippen MR) is 110 cm³/mol. The largest absolute Gasteiger partial charge is 0.369 e. The van der Waals surface area contributed by atoms with Gasteiger partial charge < -0.3 is 10.6 Å². The van der Waals surface area contributed by atoms with Crippen LogP contribution in [0.5, 0.6) is 0 Å². The number of carbonyl (C=O) groups is 2. The normalized spacial score (nSPS) is 20.2. The van der Waals surface area contributed by atoms with E-state index in [4.69, 9.17) is 10.7 Å². The number of rotatable bonds is 3. The first-order chi connectivity index (χ1) is 13.7. The van der Waals surface area contributed by atoms with Gasteiger partial charge in [0.15, 0.2) is 10.8 Å². The summed E-state index contributed by atoms with van der Waals surface area (Å²) in [5.41, 5.74) is 5.53. The molecule has 2 aromatic rings. The summed E-state index contributed by atoms with van der Waals surface area (Å²) in [7, 11) is 0. The number of thioether (sulfide) groups is 1. The Bertz CT molecular complexity index is 1030. The van der Waals surface area contributed by atoms with Crippen molar-refractivity contribution in [2.75, 3.05) is 18.8 Å². The Morgan fingerprint density at radius 1 is 1.28 bits per heavy atom. The van der Waals surface area contributed by atoms with Gasteiger partial charge in [-0.1, -0.05) is 11.8 Å². The van der Waals surface area contributed by atoms with Crippen molar-refractivity contribution in [2.24, 2.45) is 11.7 Å². The van der Waals surface area contributed by atoms with Gasteiger partial charge in [-0.05, 0) is 33.6 Å². The van der Waals surface area contributed by atoms with E-state index >= 15 is 0 Å². The Balaban J connectivity index is 1.55. The summed E-state index contributed by atoms with van der Waals surface area (Å²) in [6, 6.07) is -0.223. The van der Waals surface area contributed by atoms with E-state index in [0.717, 1.165) is 0 Å². The zero-order valence-electron chi connectivity index (χ0n) is 16.9. The number of carbonyl (C=O) groups excluding carboxylic acids is 2. The summed E-state index contributed by atoms with van der Waals surface area (Å²) in [6.07, 6.45) is 3.03. The maximum atomic E-state index is 13.1. The molecular formula is C19H26N6O3S. The molecule has 1 atom stereocenters. The molecule has 4 heterocycles. The Hall–Kier alpha value is -2.36. The number of fused-ring (bicyclic) bond motifs is 2. The minimum atomic E-state index is -0.296. The Kier molecular flexibility index (Phi) is 4.92. The highest BCUT2D eigenvalue weighted by Gasteiger charge is 2.33. The van der Waals surface area contributed by atoms with Gasteiger partial charge >= 0.3 is 0 Å². The number of piperidine rings is 1. The number of hydrogen-bond acceptors (Lipinski definition) is 6. The lowest BCUT2D eigenvalue weighted by Crippen LogP contribution is -2.42. The number of aromatic nitrogens is 4. The van der Waals surface area contributed by atoms with Crippen LogP contribution in [0.3, 0.4) is 0 Å². The van der Waals surface area contributed by atoms with E-state index in [1.165, 1.54) is 11.8 Å². The Labute approximate surface area is 172 Å². The van der Waals surface area contributed by atoms with Crippen LogP contribution in [0, 0.1) is 5.92 Å². The molecule has 2 amide bonds. The molecule has 29 heavy (non-hydrogen) atoms. The van der Waals surface area contributed by atoms with Crippen LogP contribution in [0.1, 0.15) is 46.1 Å². The maximum Gasteiger partial charge on any atom is 0.265 e. The second-order valence-corrected chi connectivity index (χ2v) is 9.75. The van der Waals surface area contributed by atoms with E-state index in [-0.39, 0.29) is 41.3 Å². The number of nitrogens with two attached hydrogens (primary N) is 1. The molecule has 0 bridgehead atoms. The first-order valence-corrected chi connectivity index (χ1v) is 10.9. The highest BCUT2D eigenvalue weighted by atomic mass is 32.2. The topological polar surface area (TPSA) is 116 Å². The smallest absolute Gasteiger partial charge is 0.265 e. The van der Waals surface area contributed by atoms with Crippen molar-refractivity contribution in [3.05, 3.63) is 16.6 Å². The molecule has 156 valence electrons. The van der Waals surface area contributed by atoms with E-state index in [1.54, 1.807) is 20.3 Å². The van der Waals surface area contributed by atoms with Crippen LogP contribution in [0.4, 0.5) is 0 Å². The fraction of sp³-hybridized carbons (Fsp3) is 0.632. The van der Waals surface area contributed by atoms with Crippen molar-refractivity contribution in [3.8, 4) is 0 Å². The fourth-order valence-corrected chi connectivity index (χ4v) is 5.15. The van der Waals surface area contributed by atoms with E-state index in [1.807, 2.05) is 20.8 Å². The predicted octanol–water partition coefficient (Wildman–Crippen LogP) is 1.11. The summed E-state index contributed by atoms with van der Waals surface area (Å²) in [4.78, 5) is 43.7. The molecule has 0 spiro atoms. The van der Waals surface area contributed by atoms with Gasteiger partial charge in [-0.15, -0.1) is 0 Å². The fourth-order valence-electron chi connectivity index (χ4n) is 4.02.